The summed E-state index contributed by atoms with van der Waals surface area (Å²) in [4.78, 5) is 19.2. The minimum atomic E-state index is 0.0311. The summed E-state index contributed by atoms with van der Waals surface area (Å²) in [6, 6.07) is 13.8. The van der Waals surface area contributed by atoms with Crippen molar-refractivity contribution in [3.05, 3.63) is 59.9 Å². The molecular weight excluding hydrogens is 262 g/mol. The maximum Gasteiger partial charge on any atom is 0.224 e. The fourth-order valence-electron chi connectivity index (χ4n) is 2.26. The first kappa shape index (κ1) is 13.4. The molecule has 21 heavy (non-hydrogen) atoms. The summed E-state index contributed by atoms with van der Waals surface area (Å²) < 4.78 is 0. The van der Waals surface area contributed by atoms with Gasteiger partial charge in [0.2, 0.25) is 5.91 Å². The van der Waals surface area contributed by atoms with Gasteiger partial charge in [0.15, 0.2) is 0 Å². The molecule has 0 saturated heterocycles. The van der Waals surface area contributed by atoms with Gasteiger partial charge >= 0.3 is 0 Å². The van der Waals surface area contributed by atoms with E-state index in [-0.39, 0.29) is 5.91 Å². The number of hydrogen-bond donors (Lipinski definition) is 2. The summed E-state index contributed by atoms with van der Waals surface area (Å²) in [5.74, 6) is 0.0311. The second-order valence-corrected chi connectivity index (χ2v) is 5.17. The molecule has 1 heterocycles. The minimum absolute atomic E-state index is 0.0311. The van der Waals surface area contributed by atoms with Gasteiger partial charge in [0.05, 0.1) is 17.4 Å². The van der Waals surface area contributed by atoms with Gasteiger partial charge in [-0.3, -0.25) is 4.79 Å². The molecule has 0 radical (unpaired) electrons. The highest BCUT2D eigenvalue weighted by Gasteiger charge is 2.04. The van der Waals surface area contributed by atoms with Crippen molar-refractivity contribution in [1.82, 2.24) is 9.97 Å². The summed E-state index contributed by atoms with van der Waals surface area (Å²) in [5.41, 5.74) is 5.11. The molecule has 2 N–H and O–H groups in total. The van der Waals surface area contributed by atoms with E-state index in [0.29, 0.717) is 12.8 Å². The number of anilines is 1. The summed E-state index contributed by atoms with van der Waals surface area (Å²) in [6.07, 6.45) is 2.86. The second kappa shape index (κ2) is 5.79. The van der Waals surface area contributed by atoms with E-state index in [2.05, 4.69) is 15.3 Å². The largest absolute Gasteiger partial charge is 0.345 e. The van der Waals surface area contributed by atoms with E-state index >= 15 is 0 Å². The van der Waals surface area contributed by atoms with E-state index in [4.69, 9.17) is 0 Å². The molecule has 0 aliphatic rings. The SMILES string of the molecule is Cc1ccc(NC(=O)CCc2ccc3nc[nH]c3c2)cc1. The van der Waals surface area contributed by atoms with Gasteiger partial charge in [0.1, 0.15) is 0 Å². The third-order valence-electron chi connectivity index (χ3n) is 3.46. The minimum Gasteiger partial charge on any atom is -0.345 e. The van der Waals surface area contributed by atoms with Crippen LogP contribution in [-0.4, -0.2) is 15.9 Å². The maximum absolute atomic E-state index is 12.0. The maximum atomic E-state index is 12.0. The van der Waals surface area contributed by atoms with Crippen molar-refractivity contribution in [2.24, 2.45) is 0 Å². The molecule has 4 nitrogen and oxygen atoms in total. The Morgan fingerprint density at radius 1 is 1.19 bits per heavy atom. The van der Waals surface area contributed by atoms with Crippen LogP contribution in [0.1, 0.15) is 17.5 Å². The van der Waals surface area contributed by atoms with Crippen molar-refractivity contribution in [2.45, 2.75) is 19.8 Å². The van der Waals surface area contributed by atoms with Crippen molar-refractivity contribution < 1.29 is 4.79 Å². The quantitative estimate of drug-likeness (QED) is 0.768. The molecule has 2 aromatic carbocycles. The van der Waals surface area contributed by atoms with Gasteiger partial charge in [-0.05, 0) is 43.2 Å². The predicted octanol–water partition coefficient (Wildman–Crippen LogP) is 3.44. The molecular formula is C17H17N3O. The number of aryl methyl sites for hydroxylation is 2. The summed E-state index contributed by atoms with van der Waals surface area (Å²) in [6.45, 7) is 2.03. The number of amides is 1. The molecule has 4 heteroatoms. The van der Waals surface area contributed by atoms with Crippen LogP contribution in [0.15, 0.2) is 48.8 Å². The highest BCUT2D eigenvalue weighted by Crippen LogP contribution is 2.14. The molecule has 0 fully saturated rings. The first-order chi connectivity index (χ1) is 10.2. The van der Waals surface area contributed by atoms with Crippen LogP contribution in [0.3, 0.4) is 0 Å². The fourth-order valence-corrected chi connectivity index (χ4v) is 2.26. The molecule has 0 aliphatic carbocycles. The normalized spacial score (nSPS) is 10.7. The average Bonchev–Trinajstić information content (AvgIpc) is 2.95. The van der Waals surface area contributed by atoms with Crippen molar-refractivity contribution in [3.63, 3.8) is 0 Å². The second-order valence-electron chi connectivity index (χ2n) is 5.17. The molecule has 106 valence electrons. The van der Waals surface area contributed by atoms with Crippen LogP contribution in [0.25, 0.3) is 11.0 Å². The Kier molecular flexibility index (Phi) is 3.69. The number of aromatic amines is 1. The van der Waals surface area contributed by atoms with E-state index in [9.17, 15) is 4.79 Å². The lowest BCUT2D eigenvalue weighted by Gasteiger charge is -2.06. The van der Waals surface area contributed by atoms with Crippen LogP contribution < -0.4 is 5.32 Å². The lowest BCUT2D eigenvalue weighted by molar-refractivity contribution is -0.116. The van der Waals surface area contributed by atoms with E-state index < -0.39 is 0 Å². The number of carbonyl (C=O) groups excluding carboxylic acids is 1. The molecule has 3 rings (SSSR count). The molecule has 3 aromatic rings. The number of hydrogen-bond acceptors (Lipinski definition) is 2. The number of nitrogens with one attached hydrogen (secondary N) is 2. The van der Waals surface area contributed by atoms with Crippen molar-refractivity contribution in [3.8, 4) is 0 Å². The number of nitrogens with zero attached hydrogens (tertiary/aromatic N) is 1. The van der Waals surface area contributed by atoms with Crippen LogP contribution in [0.4, 0.5) is 5.69 Å². The fraction of sp³-hybridized carbons (Fsp3) is 0.176. The van der Waals surface area contributed by atoms with Crippen molar-refractivity contribution >= 4 is 22.6 Å². The van der Waals surface area contributed by atoms with E-state index in [1.807, 2.05) is 49.4 Å². The van der Waals surface area contributed by atoms with Crippen LogP contribution in [-0.2, 0) is 11.2 Å². The Balaban J connectivity index is 1.58. The number of benzene rings is 2. The lowest BCUT2D eigenvalue weighted by atomic mass is 10.1. The van der Waals surface area contributed by atoms with Crippen LogP contribution in [0.5, 0.6) is 0 Å². The zero-order valence-electron chi connectivity index (χ0n) is 11.9. The molecule has 0 bridgehead atoms. The van der Waals surface area contributed by atoms with Gasteiger partial charge in [-0.1, -0.05) is 23.8 Å². The number of fused-ring (bicyclic) bond motifs is 1. The Hall–Kier alpha value is -2.62. The summed E-state index contributed by atoms with van der Waals surface area (Å²) in [7, 11) is 0. The topological polar surface area (TPSA) is 57.8 Å². The molecule has 0 unspecified atom stereocenters. The highest BCUT2D eigenvalue weighted by atomic mass is 16.1. The molecule has 1 amide bonds. The highest BCUT2D eigenvalue weighted by molar-refractivity contribution is 5.90. The smallest absolute Gasteiger partial charge is 0.224 e. The van der Waals surface area contributed by atoms with E-state index in [0.717, 1.165) is 22.3 Å². The molecule has 0 aliphatic heterocycles. The molecule has 0 saturated carbocycles. The average molecular weight is 279 g/mol. The van der Waals surface area contributed by atoms with Gasteiger partial charge < -0.3 is 10.3 Å². The van der Waals surface area contributed by atoms with Gasteiger partial charge in [-0.2, -0.15) is 0 Å². The van der Waals surface area contributed by atoms with Gasteiger partial charge in [0, 0.05) is 12.1 Å². The van der Waals surface area contributed by atoms with Crippen LogP contribution in [0.2, 0.25) is 0 Å². The molecule has 1 aromatic heterocycles. The third-order valence-corrected chi connectivity index (χ3v) is 3.46. The van der Waals surface area contributed by atoms with Crippen molar-refractivity contribution in [1.29, 1.82) is 0 Å². The van der Waals surface area contributed by atoms with Crippen molar-refractivity contribution in [2.75, 3.05) is 5.32 Å². The Labute approximate surface area is 123 Å². The van der Waals surface area contributed by atoms with Gasteiger partial charge in [-0.15, -0.1) is 0 Å². The predicted molar refractivity (Wildman–Crippen MR) is 84.2 cm³/mol. The number of H-pyrrole nitrogens is 1. The first-order valence-corrected chi connectivity index (χ1v) is 6.99. The summed E-state index contributed by atoms with van der Waals surface area (Å²) in [5, 5.41) is 2.91. The van der Waals surface area contributed by atoms with Crippen LogP contribution >= 0.6 is 0 Å². The monoisotopic (exact) mass is 279 g/mol. The number of aromatic nitrogens is 2. The summed E-state index contributed by atoms with van der Waals surface area (Å²) >= 11 is 0. The Morgan fingerprint density at radius 3 is 2.81 bits per heavy atom. The third kappa shape index (κ3) is 3.28. The van der Waals surface area contributed by atoms with Gasteiger partial charge in [0.25, 0.3) is 0 Å². The Morgan fingerprint density at radius 2 is 2.00 bits per heavy atom. The van der Waals surface area contributed by atoms with Crippen LogP contribution in [0, 0.1) is 6.92 Å². The molecule has 0 atom stereocenters. The van der Waals surface area contributed by atoms with E-state index in [1.54, 1.807) is 6.33 Å². The number of carbonyl (C=O) groups is 1. The number of imidazole rings is 1. The first-order valence-electron chi connectivity index (χ1n) is 6.99. The zero-order valence-corrected chi connectivity index (χ0v) is 11.9. The standard InChI is InChI=1S/C17H17N3O/c1-12-2-6-14(7-3-12)20-17(21)9-5-13-4-8-15-16(10-13)19-11-18-15/h2-4,6-8,10-11H,5,9H2,1H3,(H,18,19)(H,20,21). The zero-order chi connectivity index (χ0) is 14.7. The Bertz CT molecular complexity index is 759. The lowest BCUT2D eigenvalue weighted by Crippen LogP contribution is -2.12. The van der Waals surface area contributed by atoms with Gasteiger partial charge in [-0.25, -0.2) is 4.98 Å². The number of rotatable bonds is 4. The van der Waals surface area contributed by atoms with E-state index in [1.165, 1.54) is 5.56 Å². The molecule has 0 spiro atoms.